The standard InChI is InChI=1S/C24H18N4O3/c1-14-3-5-15(6-4-14)22(29)21-12-16-11-17(7-8-20(16)28(21)2)31-24-26-19-13-25-10-9-18(19)23(30)27-24/h3-13H,1-2H3,(H,26,27,30). The van der Waals surface area contributed by atoms with Crippen LogP contribution in [-0.4, -0.2) is 30.4 Å². The highest BCUT2D eigenvalue weighted by Gasteiger charge is 2.16. The van der Waals surface area contributed by atoms with Crippen LogP contribution in [0.3, 0.4) is 0 Å². The number of benzene rings is 2. The van der Waals surface area contributed by atoms with Crippen LogP contribution in [0.1, 0.15) is 21.6 Å². The molecule has 31 heavy (non-hydrogen) atoms. The van der Waals surface area contributed by atoms with E-state index in [1.807, 2.05) is 61.0 Å². The molecule has 0 amide bonds. The van der Waals surface area contributed by atoms with Crippen molar-refractivity contribution in [3.63, 3.8) is 0 Å². The average Bonchev–Trinajstić information content (AvgIpc) is 3.09. The van der Waals surface area contributed by atoms with E-state index in [0.717, 1.165) is 16.5 Å². The molecule has 5 rings (SSSR count). The van der Waals surface area contributed by atoms with Crippen molar-refractivity contribution >= 4 is 27.6 Å². The van der Waals surface area contributed by atoms with Crippen LogP contribution >= 0.6 is 0 Å². The van der Waals surface area contributed by atoms with Crippen molar-refractivity contribution in [1.29, 1.82) is 0 Å². The Morgan fingerprint density at radius 1 is 1.03 bits per heavy atom. The number of aromatic hydroxyl groups is 1. The van der Waals surface area contributed by atoms with Crippen LogP contribution in [0.5, 0.6) is 17.6 Å². The zero-order chi connectivity index (χ0) is 21.5. The molecule has 3 heterocycles. The SMILES string of the molecule is Cc1ccc(C(=O)c2cc3cc(Oc4nc(O)c5ccncc5n4)ccc3n2C)cc1. The van der Waals surface area contributed by atoms with Gasteiger partial charge in [0, 0.05) is 29.7 Å². The second kappa shape index (κ2) is 7.21. The van der Waals surface area contributed by atoms with Gasteiger partial charge in [-0.25, -0.2) is 0 Å². The number of carbonyl (C=O) groups excluding carboxylic acids is 1. The van der Waals surface area contributed by atoms with Crippen LogP contribution in [0.2, 0.25) is 0 Å². The van der Waals surface area contributed by atoms with Crippen molar-refractivity contribution in [3.05, 3.63) is 83.8 Å². The Labute approximate surface area is 177 Å². The van der Waals surface area contributed by atoms with E-state index in [0.29, 0.717) is 27.9 Å². The van der Waals surface area contributed by atoms with E-state index in [4.69, 9.17) is 4.74 Å². The molecule has 1 N–H and O–H groups in total. The Kier molecular flexibility index (Phi) is 4.36. The molecule has 0 radical (unpaired) electrons. The van der Waals surface area contributed by atoms with Gasteiger partial charge < -0.3 is 14.4 Å². The number of nitrogens with zero attached hydrogens (tertiary/aromatic N) is 4. The molecular formula is C24H18N4O3. The lowest BCUT2D eigenvalue weighted by atomic mass is 10.1. The maximum absolute atomic E-state index is 13.0. The summed E-state index contributed by atoms with van der Waals surface area (Å²) in [6, 6.07) is 16.5. The fraction of sp³-hybridized carbons (Fsp3) is 0.0833. The van der Waals surface area contributed by atoms with E-state index in [9.17, 15) is 9.90 Å². The zero-order valence-electron chi connectivity index (χ0n) is 16.9. The van der Waals surface area contributed by atoms with Crippen molar-refractivity contribution < 1.29 is 14.6 Å². The monoisotopic (exact) mass is 410 g/mol. The number of hydrogen-bond acceptors (Lipinski definition) is 6. The van der Waals surface area contributed by atoms with E-state index in [1.54, 1.807) is 18.3 Å². The van der Waals surface area contributed by atoms with Crippen molar-refractivity contribution in [3.8, 4) is 17.6 Å². The highest BCUT2D eigenvalue weighted by molar-refractivity contribution is 6.10. The van der Waals surface area contributed by atoms with Crippen molar-refractivity contribution in [2.45, 2.75) is 6.92 Å². The van der Waals surface area contributed by atoms with Crippen LogP contribution in [0.25, 0.3) is 21.8 Å². The summed E-state index contributed by atoms with van der Waals surface area (Å²) in [6.07, 6.45) is 3.09. The average molecular weight is 410 g/mol. The van der Waals surface area contributed by atoms with E-state index in [1.165, 1.54) is 6.20 Å². The predicted octanol–water partition coefficient (Wildman–Crippen LogP) is 4.55. The third-order valence-electron chi connectivity index (χ3n) is 5.23. The van der Waals surface area contributed by atoms with Crippen LogP contribution < -0.4 is 4.74 Å². The molecule has 7 heteroatoms. The van der Waals surface area contributed by atoms with E-state index >= 15 is 0 Å². The molecule has 0 unspecified atom stereocenters. The molecule has 2 aromatic carbocycles. The second-order valence-electron chi connectivity index (χ2n) is 7.33. The molecule has 5 aromatic rings. The summed E-state index contributed by atoms with van der Waals surface area (Å²) in [6.45, 7) is 1.99. The normalized spacial score (nSPS) is 11.2. The summed E-state index contributed by atoms with van der Waals surface area (Å²) in [5.74, 6) is 0.278. The van der Waals surface area contributed by atoms with Crippen LogP contribution in [0.4, 0.5) is 0 Å². The first-order valence-corrected chi connectivity index (χ1v) is 9.69. The molecule has 0 bridgehead atoms. The van der Waals surface area contributed by atoms with Gasteiger partial charge in [0.2, 0.25) is 11.7 Å². The number of ether oxygens (including phenoxy) is 1. The summed E-state index contributed by atoms with van der Waals surface area (Å²) in [7, 11) is 1.86. The summed E-state index contributed by atoms with van der Waals surface area (Å²) >= 11 is 0. The van der Waals surface area contributed by atoms with Crippen LogP contribution in [0.15, 0.2) is 67.0 Å². The summed E-state index contributed by atoms with van der Waals surface area (Å²) in [5.41, 5.74) is 3.71. The van der Waals surface area contributed by atoms with Gasteiger partial charge >= 0.3 is 6.01 Å². The maximum atomic E-state index is 13.0. The molecule has 0 spiro atoms. The number of pyridine rings is 1. The number of aromatic nitrogens is 4. The molecule has 3 aromatic heterocycles. The number of aryl methyl sites for hydroxylation is 2. The van der Waals surface area contributed by atoms with Gasteiger partial charge in [-0.1, -0.05) is 29.8 Å². The Morgan fingerprint density at radius 2 is 1.84 bits per heavy atom. The Balaban J connectivity index is 1.49. The van der Waals surface area contributed by atoms with Gasteiger partial charge in [0.25, 0.3) is 0 Å². The largest absolute Gasteiger partial charge is 0.493 e. The van der Waals surface area contributed by atoms with Gasteiger partial charge in [0.15, 0.2) is 0 Å². The van der Waals surface area contributed by atoms with Gasteiger partial charge in [0.05, 0.1) is 22.8 Å². The minimum absolute atomic E-state index is 0.0178. The Hall–Kier alpha value is -4.26. The number of rotatable bonds is 4. The molecule has 0 aliphatic rings. The third kappa shape index (κ3) is 3.36. The lowest BCUT2D eigenvalue weighted by Crippen LogP contribution is -2.07. The first kappa shape index (κ1) is 18.7. The molecule has 0 atom stereocenters. The molecule has 7 nitrogen and oxygen atoms in total. The minimum Gasteiger partial charge on any atom is -0.493 e. The maximum Gasteiger partial charge on any atom is 0.325 e. The Morgan fingerprint density at radius 3 is 2.65 bits per heavy atom. The van der Waals surface area contributed by atoms with Gasteiger partial charge in [0.1, 0.15) is 5.75 Å². The minimum atomic E-state index is -0.172. The topological polar surface area (TPSA) is 90.1 Å². The zero-order valence-corrected chi connectivity index (χ0v) is 16.9. The fourth-order valence-corrected chi connectivity index (χ4v) is 3.56. The third-order valence-corrected chi connectivity index (χ3v) is 5.23. The molecule has 152 valence electrons. The number of fused-ring (bicyclic) bond motifs is 2. The van der Waals surface area contributed by atoms with E-state index < -0.39 is 0 Å². The highest BCUT2D eigenvalue weighted by atomic mass is 16.5. The molecule has 0 aliphatic carbocycles. The van der Waals surface area contributed by atoms with Crippen molar-refractivity contribution in [2.24, 2.45) is 7.05 Å². The number of carbonyl (C=O) groups is 1. The van der Waals surface area contributed by atoms with Crippen LogP contribution in [-0.2, 0) is 7.05 Å². The quantitative estimate of drug-likeness (QED) is 0.437. The van der Waals surface area contributed by atoms with Crippen LogP contribution in [0, 0.1) is 6.92 Å². The van der Waals surface area contributed by atoms with Gasteiger partial charge in [-0.3, -0.25) is 9.78 Å². The number of hydrogen-bond donors (Lipinski definition) is 1. The molecular weight excluding hydrogens is 392 g/mol. The van der Waals surface area contributed by atoms with Gasteiger partial charge in [-0.05, 0) is 37.3 Å². The lowest BCUT2D eigenvalue weighted by molar-refractivity contribution is 0.103. The molecule has 0 saturated carbocycles. The Bertz CT molecular complexity index is 1460. The first-order valence-electron chi connectivity index (χ1n) is 9.69. The predicted molar refractivity (Wildman–Crippen MR) is 117 cm³/mol. The smallest absolute Gasteiger partial charge is 0.325 e. The van der Waals surface area contributed by atoms with Gasteiger partial charge in [-0.2, -0.15) is 9.97 Å². The van der Waals surface area contributed by atoms with Crippen molar-refractivity contribution in [2.75, 3.05) is 0 Å². The fourth-order valence-electron chi connectivity index (χ4n) is 3.56. The van der Waals surface area contributed by atoms with E-state index in [2.05, 4.69) is 15.0 Å². The summed E-state index contributed by atoms with van der Waals surface area (Å²) in [5, 5.41) is 11.5. The number of ketones is 1. The van der Waals surface area contributed by atoms with Gasteiger partial charge in [-0.15, -0.1) is 0 Å². The second-order valence-corrected chi connectivity index (χ2v) is 7.33. The highest BCUT2D eigenvalue weighted by Crippen LogP contribution is 2.29. The van der Waals surface area contributed by atoms with E-state index in [-0.39, 0.29) is 17.7 Å². The lowest BCUT2D eigenvalue weighted by Gasteiger charge is -2.07. The molecule has 0 fully saturated rings. The summed E-state index contributed by atoms with van der Waals surface area (Å²) < 4.78 is 7.65. The molecule has 0 aliphatic heterocycles. The molecule has 0 saturated heterocycles. The van der Waals surface area contributed by atoms with Crippen molar-refractivity contribution in [1.82, 2.24) is 19.5 Å². The first-order chi connectivity index (χ1) is 15.0. The summed E-state index contributed by atoms with van der Waals surface area (Å²) in [4.78, 5) is 25.3.